The van der Waals surface area contributed by atoms with E-state index < -0.39 is 23.8 Å². The fraction of sp³-hybridized carbons (Fsp3) is 0.645. The number of carbonyl (C=O) groups is 3. The summed E-state index contributed by atoms with van der Waals surface area (Å²) in [6.07, 6.45) is 15.3. The molecule has 0 aromatic heterocycles. The van der Waals surface area contributed by atoms with Gasteiger partial charge in [0.2, 0.25) is 11.8 Å². The van der Waals surface area contributed by atoms with Crippen LogP contribution < -0.4 is 10.6 Å². The zero-order chi connectivity index (χ0) is 28.1. The summed E-state index contributed by atoms with van der Waals surface area (Å²) < 4.78 is 5.37. The van der Waals surface area contributed by atoms with Crippen molar-refractivity contribution >= 4 is 17.9 Å². The summed E-state index contributed by atoms with van der Waals surface area (Å²) in [5.74, 6) is 2.12. The normalized spacial score (nSPS) is 15.6. The molecule has 0 aliphatic heterocycles. The molecule has 38 heavy (non-hydrogen) atoms. The zero-order valence-corrected chi connectivity index (χ0v) is 24.0. The number of carbonyl (C=O) groups excluding carboxylic acids is 3. The van der Waals surface area contributed by atoms with E-state index in [2.05, 4.69) is 23.5 Å². The van der Waals surface area contributed by atoms with Crippen LogP contribution in [0.1, 0.15) is 116 Å². The van der Waals surface area contributed by atoms with Crippen molar-refractivity contribution in [3.05, 3.63) is 35.4 Å². The minimum absolute atomic E-state index is 0.0792. The van der Waals surface area contributed by atoms with Crippen LogP contribution in [0.15, 0.2) is 24.3 Å². The van der Waals surface area contributed by atoms with Gasteiger partial charge < -0.3 is 20.3 Å². The molecule has 0 spiro atoms. The molecule has 1 aliphatic rings. The van der Waals surface area contributed by atoms with Gasteiger partial charge in [0.1, 0.15) is 17.7 Å². The van der Waals surface area contributed by atoms with E-state index in [4.69, 9.17) is 11.2 Å². The van der Waals surface area contributed by atoms with Gasteiger partial charge in [-0.25, -0.2) is 4.79 Å². The number of unbranched alkanes of at least 4 members (excludes halogenated alkanes) is 4. The van der Waals surface area contributed by atoms with Gasteiger partial charge >= 0.3 is 6.09 Å². The molecule has 0 bridgehead atoms. The number of amides is 3. The van der Waals surface area contributed by atoms with Crippen molar-refractivity contribution in [1.82, 2.24) is 15.5 Å². The third-order valence-corrected chi connectivity index (χ3v) is 6.81. The topological polar surface area (TPSA) is 87.7 Å². The second-order valence-electron chi connectivity index (χ2n) is 11.3. The Hall–Kier alpha value is -3.01. The molecule has 2 rings (SSSR count). The highest BCUT2D eigenvalue weighted by Gasteiger charge is 2.36. The van der Waals surface area contributed by atoms with Gasteiger partial charge in [0.25, 0.3) is 0 Å². The Morgan fingerprint density at radius 3 is 2.37 bits per heavy atom. The van der Waals surface area contributed by atoms with E-state index in [1.54, 1.807) is 38.7 Å². The lowest BCUT2D eigenvalue weighted by Crippen LogP contribution is -2.53. The summed E-state index contributed by atoms with van der Waals surface area (Å²) >= 11 is 0. The van der Waals surface area contributed by atoms with Crippen molar-refractivity contribution in [2.45, 2.75) is 123 Å². The summed E-state index contributed by atoms with van der Waals surface area (Å²) in [6.45, 7) is 9.46. The maximum Gasteiger partial charge on any atom is 0.408 e. The zero-order valence-electron chi connectivity index (χ0n) is 24.0. The largest absolute Gasteiger partial charge is 0.444 e. The number of hydrogen-bond donors (Lipinski definition) is 2. The molecular weight excluding hydrogens is 478 g/mol. The number of hydrogen-bond acceptors (Lipinski definition) is 4. The van der Waals surface area contributed by atoms with Crippen LogP contribution in [0.5, 0.6) is 0 Å². The molecule has 0 heterocycles. The monoisotopic (exact) mass is 525 g/mol. The number of rotatable bonds is 12. The highest BCUT2D eigenvalue weighted by molar-refractivity contribution is 5.92. The molecule has 2 N–H and O–H groups in total. The lowest BCUT2D eigenvalue weighted by Gasteiger charge is -2.35. The van der Waals surface area contributed by atoms with Crippen molar-refractivity contribution < 1.29 is 19.1 Å². The van der Waals surface area contributed by atoms with Gasteiger partial charge in [-0.3, -0.25) is 9.59 Å². The summed E-state index contributed by atoms with van der Waals surface area (Å²) in [6, 6.07) is 5.58. The Morgan fingerprint density at radius 1 is 1.08 bits per heavy atom. The molecule has 1 aromatic carbocycles. The van der Waals surface area contributed by atoms with E-state index in [1.165, 1.54) is 6.42 Å². The first-order valence-electron chi connectivity index (χ1n) is 14.2. The van der Waals surface area contributed by atoms with E-state index in [0.717, 1.165) is 57.8 Å². The number of ether oxygens (including phenoxy) is 1. The Morgan fingerprint density at radius 2 is 1.74 bits per heavy atom. The minimum atomic E-state index is -0.897. The van der Waals surface area contributed by atoms with E-state index >= 15 is 0 Å². The number of benzene rings is 1. The molecule has 1 saturated carbocycles. The maximum absolute atomic E-state index is 13.9. The Labute approximate surface area is 229 Å². The molecule has 210 valence electrons. The fourth-order valence-electron chi connectivity index (χ4n) is 4.89. The van der Waals surface area contributed by atoms with E-state index in [9.17, 15) is 14.4 Å². The molecule has 3 amide bonds. The summed E-state index contributed by atoms with van der Waals surface area (Å²) in [4.78, 5) is 41.9. The van der Waals surface area contributed by atoms with Crippen LogP contribution in [0.3, 0.4) is 0 Å². The lowest BCUT2D eigenvalue weighted by atomic mass is 9.93. The number of terminal acetylenes is 1. The highest BCUT2D eigenvalue weighted by Crippen LogP contribution is 2.28. The molecule has 1 aromatic rings. The molecule has 7 nitrogen and oxygen atoms in total. The quantitative estimate of drug-likeness (QED) is 0.264. The fourth-order valence-corrected chi connectivity index (χ4v) is 4.89. The van der Waals surface area contributed by atoms with Crippen molar-refractivity contribution in [1.29, 1.82) is 0 Å². The predicted octanol–water partition coefficient (Wildman–Crippen LogP) is 5.87. The van der Waals surface area contributed by atoms with Crippen LogP contribution in [0.2, 0.25) is 0 Å². The molecule has 0 saturated heterocycles. The van der Waals surface area contributed by atoms with E-state index in [0.29, 0.717) is 17.7 Å². The van der Waals surface area contributed by atoms with Crippen LogP contribution in [0.25, 0.3) is 0 Å². The van der Waals surface area contributed by atoms with Crippen LogP contribution in [-0.4, -0.2) is 47.0 Å². The SMILES string of the molecule is C#Cc1ccccc1C(C(=O)NC1CCCCC1)N(CCCCCCC)C(=O)C(C)NC(=O)OC(C)(C)C. The van der Waals surface area contributed by atoms with Gasteiger partial charge in [0, 0.05) is 18.2 Å². The van der Waals surface area contributed by atoms with Crippen LogP contribution in [0.4, 0.5) is 4.79 Å². The summed E-state index contributed by atoms with van der Waals surface area (Å²) in [5.41, 5.74) is 0.502. The molecule has 2 atom stereocenters. The molecule has 1 aliphatic carbocycles. The molecule has 7 heteroatoms. The molecule has 2 unspecified atom stereocenters. The van der Waals surface area contributed by atoms with Crippen molar-refractivity contribution in [3.8, 4) is 12.3 Å². The highest BCUT2D eigenvalue weighted by atomic mass is 16.6. The Kier molecular flexibility index (Phi) is 12.7. The van der Waals surface area contributed by atoms with Crippen molar-refractivity contribution in [2.75, 3.05) is 6.54 Å². The van der Waals surface area contributed by atoms with Crippen molar-refractivity contribution in [2.24, 2.45) is 0 Å². The third kappa shape index (κ3) is 10.0. The van der Waals surface area contributed by atoms with Gasteiger partial charge in [0.05, 0.1) is 0 Å². The smallest absolute Gasteiger partial charge is 0.408 e. The molecule has 0 radical (unpaired) electrons. The van der Waals surface area contributed by atoms with E-state index in [-0.39, 0.29) is 17.9 Å². The van der Waals surface area contributed by atoms with Crippen molar-refractivity contribution in [3.63, 3.8) is 0 Å². The summed E-state index contributed by atoms with van der Waals surface area (Å²) in [5, 5.41) is 5.87. The van der Waals surface area contributed by atoms with Gasteiger partial charge in [-0.1, -0.05) is 76.0 Å². The number of nitrogens with one attached hydrogen (secondary N) is 2. The average Bonchev–Trinajstić information content (AvgIpc) is 2.87. The number of alkyl carbamates (subject to hydrolysis) is 1. The predicted molar refractivity (Wildman–Crippen MR) is 151 cm³/mol. The van der Waals surface area contributed by atoms with Gasteiger partial charge in [-0.2, -0.15) is 0 Å². The standard InChI is InChI=1S/C31H47N3O4/c1-7-9-10-11-17-22-34(29(36)23(3)32-30(37)38-31(4,5)6)27(26-21-16-15-18-24(26)8-2)28(35)33-25-19-13-12-14-20-25/h2,15-16,18,21,23,25,27H,7,9-14,17,19-20,22H2,1,3-6H3,(H,32,37)(H,33,35). The molecule has 1 fully saturated rings. The van der Waals surface area contributed by atoms with Gasteiger partial charge in [-0.15, -0.1) is 6.42 Å². The Balaban J connectivity index is 2.39. The third-order valence-electron chi connectivity index (χ3n) is 6.81. The van der Waals surface area contributed by atoms with Crippen LogP contribution in [-0.2, 0) is 14.3 Å². The second kappa shape index (κ2) is 15.4. The first-order chi connectivity index (χ1) is 18.1. The minimum Gasteiger partial charge on any atom is -0.444 e. The first-order valence-corrected chi connectivity index (χ1v) is 14.2. The van der Waals surface area contributed by atoms with Crippen LogP contribution in [0, 0.1) is 12.3 Å². The first kappa shape index (κ1) is 31.2. The summed E-state index contributed by atoms with van der Waals surface area (Å²) in [7, 11) is 0. The average molecular weight is 526 g/mol. The number of nitrogens with zero attached hydrogens (tertiary/aromatic N) is 1. The lowest BCUT2D eigenvalue weighted by molar-refractivity contribution is -0.142. The van der Waals surface area contributed by atoms with Gasteiger partial charge in [0.15, 0.2) is 0 Å². The molecular formula is C31H47N3O4. The second-order valence-corrected chi connectivity index (χ2v) is 11.3. The van der Waals surface area contributed by atoms with Gasteiger partial charge in [-0.05, 0) is 58.6 Å². The maximum atomic E-state index is 13.9. The Bertz CT molecular complexity index is 957. The van der Waals surface area contributed by atoms with E-state index in [1.807, 2.05) is 18.2 Å². The van der Waals surface area contributed by atoms with Crippen LogP contribution >= 0.6 is 0 Å².